The third-order valence-corrected chi connectivity index (χ3v) is 10.2. The molecular weight excluding hydrogens is 300 g/mol. The Bertz CT molecular complexity index is 563. The summed E-state index contributed by atoms with van der Waals surface area (Å²) in [5.41, 5.74) is 2.50. The molecule has 0 amide bonds. The molecule has 0 aromatic heterocycles. The van der Waals surface area contributed by atoms with Crippen LogP contribution in [0.2, 0.25) is 0 Å². The van der Waals surface area contributed by atoms with Crippen molar-refractivity contribution in [3.8, 4) is 0 Å². The Kier molecular flexibility index (Phi) is 5.14. The maximum absolute atomic E-state index is 6.24. The van der Waals surface area contributed by atoms with E-state index in [4.69, 9.17) is 8.85 Å². The smallest absolute Gasteiger partial charge is 0.358 e. The summed E-state index contributed by atoms with van der Waals surface area (Å²) in [6.07, 6.45) is 0. The highest BCUT2D eigenvalue weighted by Gasteiger charge is 2.62. The largest absolute Gasteiger partial charge is 0.397 e. The van der Waals surface area contributed by atoms with Crippen LogP contribution in [0.4, 0.5) is 0 Å². The second-order valence-corrected chi connectivity index (χ2v) is 11.6. The fraction of sp³-hybridized carbons (Fsp3) is 0.400. The molecule has 2 aromatic carbocycles. The summed E-state index contributed by atoms with van der Waals surface area (Å²) >= 11 is 0. The standard InChI is InChI=1S/C20H28O2Si/c1-19(2,17-13-9-7-10-14-17)23(21-5,22-6)20(3,4)18-15-11-8-12-16-18/h7-16H,1-6H3. The van der Waals surface area contributed by atoms with Crippen molar-refractivity contribution >= 4 is 8.56 Å². The molecule has 0 bridgehead atoms. The van der Waals surface area contributed by atoms with Gasteiger partial charge in [0.15, 0.2) is 0 Å². The van der Waals surface area contributed by atoms with Crippen molar-refractivity contribution in [2.45, 2.75) is 37.8 Å². The molecule has 0 fully saturated rings. The summed E-state index contributed by atoms with van der Waals surface area (Å²) in [6.45, 7) is 8.97. The Hall–Kier alpha value is -1.42. The molecule has 0 N–H and O–H groups in total. The lowest BCUT2D eigenvalue weighted by Crippen LogP contribution is -2.68. The third-order valence-electron chi connectivity index (χ3n) is 5.21. The Labute approximate surface area is 141 Å². The minimum atomic E-state index is -2.68. The van der Waals surface area contributed by atoms with Crippen molar-refractivity contribution in [1.29, 1.82) is 0 Å². The summed E-state index contributed by atoms with van der Waals surface area (Å²) in [7, 11) is 0.913. The average Bonchev–Trinajstić information content (AvgIpc) is 2.57. The monoisotopic (exact) mass is 328 g/mol. The van der Waals surface area contributed by atoms with Crippen LogP contribution in [0.3, 0.4) is 0 Å². The molecule has 124 valence electrons. The van der Waals surface area contributed by atoms with E-state index in [1.165, 1.54) is 11.1 Å². The van der Waals surface area contributed by atoms with Gasteiger partial charge in [-0.3, -0.25) is 0 Å². The van der Waals surface area contributed by atoms with Crippen LogP contribution in [0.25, 0.3) is 0 Å². The van der Waals surface area contributed by atoms with Crippen molar-refractivity contribution in [2.75, 3.05) is 14.2 Å². The van der Waals surface area contributed by atoms with E-state index in [1.807, 2.05) is 12.1 Å². The van der Waals surface area contributed by atoms with Gasteiger partial charge in [-0.2, -0.15) is 0 Å². The van der Waals surface area contributed by atoms with Crippen molar-refractivity contribution in [3.05, 3.63) is 71.8 Å². The molecule has 0 aliphatic rings. The summed E-state index contributed by atoms with van der Waals surface area (Å²) in [4.78, 5) is 0. The first-order chi connectivity index (χ1) is 10.8. The van der Waals surface area contributed by atoms with Gasteiger partial charge in [-0.15, -0.1) is 0 Å². The van der Waals surface area contributed by atoms with E-state index in [2.05, 4.69) is 76.2 Å². The van der Waals surface area contributed by atoms with Gasteiger partial charge in [-0.25, -0.2) is 0 Å². The lowest BCUT2D eigenvalue weighted by Gasteiger charge is -2.50. The molecule has 0 saturated carbocycles. The van der Waals surface area contributed by atoms with Crippen LogP contribution in [0.15, 0.2) is 60.7 Å². The van der Waals surface area contributed by atoms with Crippen LogP contribution >= 0.6 is 0 Å². The second-order valence-electron chi connectivity index (χ2n) is 7.01. The minimum absolute atomic E-state index is 0.211. The number of benzene rings is 2. The molecule has 0 aliphatic heterocycles. The van der Waals surface area contributed by atoms with Crippen LogP contribution in [-0.4, -0.2) is 22.8 Å². The first kappa shape index (κ1) is 17.9. The molecule has 0 unspecified atom stereocenters. The fourth-order valence-corrected chi connectivity index (χ4v) is 8.84. The van der Waals surface area contributed by atoms with Crippen LogP contribution < -0.4 is 0 Å². The normalized spacial score (nSPS) is 13.1. The highest BCUT2D eigenvalue weighted by molar-refractivity contribution is 6.73. The van der Waals surface area contributed by atoms with Crippen molar-refractivity contribution < 1.29 is 8.85 Å². The lowest BCUT2D eigenvalue weighted by molar-refractivity contribution is 0.182. The molecule has 0 radical (unpaired) electrons. The zero-order valence-electron chi connectivity index (χ0n) is 15.1. The van der Waals surface area contributed by atoms with Gasteiger partial charge >= 0.3 is 8.56 Å². The van der Waals surface area contributed by atoms with Crippen LogP contribution in [0, 0.1) is 0 Å². The number of hydrogen-bond donors (Lipinski definition) is 0. The van der Waals surface area contributed by atoms with E-state index in [0.717, 1.165) is 0 Å². The molecule has 2 nitrogen and oxygen atoms in total. The summed E-state index contributed by atoms with van der Waals surface area (Å²) in [5.74, 6) is 0. The molecule has 0 heterocycles. The third kappa shape index (κ3) is 2.78. The molecule has 23 heavy (non-hydrogen) atoms. The predicted octanol–water partition coefficient (Wildman–Crippen LogP) is 4.76. The molecule has 3 heteroatoms. The van der Waals surface area contributed by atoms with Crippen molar-refractivity contribution in [3.63, 3.8) is 0 Å². The zero-order valence-corrected chi connectivity index (χ0v) is 16.1. The fourth-order valence-electron chi connectivity index (χ4n) is 3.97. The maximum Gasteiger partial charge on any atom is 0.358 e. The van der Waals surface area contributed by atoms with Gasteiger partial charge in [-0.05, 0) is 11.1 Å². The first-order valence-corrected chi connectivity index (χ1v) is 9.86. The molecule has 2 aromatic rings. The Morgan fingerprint density at radius 1 is 0.609 bits per heavy atom. The Morgan fingerprint density at radius 3 is 1.17 bits per heavy atom. The van der Waals surface area contributed by atoms with Gasteiger partial charge in [0.2, 0.25) is 0 Å². The van der Waals surface area contributed by atoms with Gasteiger partial charge in [0, 0.05) is 24.3 Å². The highest BCUT2D eigenvalue weighted by Crippen LogP contribution is 2.46. The molecule has 2 rings (SSSR count). The van der Waals surface area contributed by atoms with Crippen LogP contribution in [-0.2, 0) is 18.9 Å². The van der Waals surface area contributed by atoms with Gasteiger partial charge in [-0.1, -0.05) is 88.4 Å². The zero-order chi connectivity index (χ0) is 17.1. The molecular formula is C20H28O2Si. The minimum Gasteiger partial charge on any atom is -0.397 e. The summed E-state index contributed by atoms with van der Waals surface area (Å²) in [6, 6.07) is 21.1. The number of rotatable bonds is 6. The molecule has 0 spiro atoms. The van der Waals surface area contributed by atoms with E-state index >= 15 is 0 Å². The Balaban J connectivity index is 2.64. The highest BCUT2D eigenvalue weighted by atomic mass is 28.4. The first-order valence-electron chi connectivity index (χ1n) is 8.05. The molecule has 0 saturated heterocycles. The van der Waals surface area contributed by atoms with Crippen molar-refractivity contribution in [2.24, 2.45) is 0 Å². The summed E-state index contributed by atoms with van der Waals surface area (Å²) < 4.78 is 12.5. The SMILES string of the molecule is CO[Si](OC)(C(C)(C)c1ccccc1)C(C)(C)c1ccccc1. The summed E-state index contributed by atoms with van der Waals surface area (Å²) in [5, 5.41) is -0.422. The van der Waals surface area contributed by atoms with E-state index in [-0.39, 0.29) is 10.1 Å². The van der Waals surface area contributed by atoms with Gasteiger partial charge < -0.3 is 8.85 Å². The van der Waals surface area contributed by atoms with E-state index in [9.17, 15) is 0 Å². The van der Waals surface area contributed by atoms with E-state index in [1.54, 1.807) is 14.2 Å². The second kappa shape index (κ2) is 6.60. The van der Waals surface area contributed by atoms with Crippen molar-refractivity contribution in [1.82, 2.24) is 0 Å². The maximum atomic E-state index is 6.24. The molecule has 0 atom stereocenters. The van der Waals surface area contributed by atoms with Gasteiger partial charge in [0.1, 0.15) is 0 Å². The lowest BCUT2D eigenvalue weighted by atomic mass is 10.0. The topological polar surface area (TPSA) is 18.5 Å². The number of hydrogen-bond acceptors (Lipinski definition) is 2. The van der Waals surface area contributed by atoms with Gasteiger partial charge in [0.25, 0.3) is 0 Å². The Morgan fingerprint density at radius 2 is 0.913 bits per heavy atom. The van der Waals surface area contributed by atoms with E-state index < -0.39 is 8.56 Å². The average molecular weight is 329 g/mol. The predicted molar refractivity (Wildman–Crippen MR) is 98.7 cm³/mol. The van der Waals surface area contributed by atoms with E-state index in [0.29, 0.717) is 0 Å². The quantitative estimate of drug-likeness (QED) is 0.712. The van der Waals surface area contributed by atoms with Crippen LogP contribution in [0.1, 0.15) is 38.8 Å². The molecule has 0 aliphatic carbocycles. The van der Waals surface area contributed by atoms with Crippen LogP contribution in [0.5, 0.6) is 0 Å². The van der Waals surface area contributed by atoms with Gasteiger partial charge in [0.05, 0.1) is 0 Å².